The van der Waals surface area contributed by atoms with Crippen LogP contribution in [-0.2, 0) is 11.2 Å². The summed E-state index contributed by atoms with van der Waals surface area (Å²) in [6, 6.07) is 8.95. The van der Waals surface area contributed by atoms with Crippen molar-refractivity contribution in [3.8, 4) is 0 Å². The lowest BCUT2D eigenvalue weighted by Crippen LogP contribution is -2.47. The SMILES string of the molecule is CCCC[C@H](NC(=O)c1[nH]c2c(c1C)C(=O)CC(C)(C)C2)C(=O)N[C@@H](C)c1ccccc1. The van der Waals surface area contributed by atoms with Crippen molar-refractivity contribution in [1.29, 1.82) is 0 Å². The predicted octanol–water partition coefficient (Wildman–Crippen LogP) is 4.64. The number of amides is 2. The minimum absolute atomic E-state index is 0.0704. The van der Waals surface area contributed by atoms with E-state index in [-0.39, 0.29) is 29.1 Å². The number of benzene rings is 1. The number of aromatic amines is 1. The number of hydrogen-bond acceptors (Lipinski definition) is 3. The molecule has 3 N–H and O–H groups in total. The molecule has 1 aromatic carbocycles. The average molecular weight is 438 g/mol. The molecule has 0 bridgehead atoms. The Hall–Kier alpha value is -2.89. The summed E-state index contributed by atoms with van der Waals surface area (Å²) >= 11 is 0. The van der Waals surface area contributed by atoms with E-state index in [1.165, 1.54) is 0 Å². The van der Waals surface area contributed by atoms with Crippen LogP contribution in [0.2, 0.25) is 0 Å². The van der Waals surface area contributed by atoms with Gasteiger partial charge in [-0.15, -0.1) is 0 Å². The van der Waals surface area contributed by atoms with Gasteiger partial charge in [0.2, 0.25) is 5.91 Å². The number of fused-ring (bicyclic) bond motifs is 1. The highest BCUT2D eigenvalue weighted by molar-refractivity contribution is 6.05. The van der Waals surface area contributed by atoms with E-state index in [1.54, 1.807) is 6.92 Å². The molecule has 2 aromatic rings. The first-order chi connectivity index (χ1) is 15.1. The quantitative estimate of drug-likeness (QED) is 0.562. The van der Waals surface area contributed by atoms with Gasteiger partial charge in [0.1, 0.15) is 11.7 Å². The van der Waals surface area contributed by atoms with Crippen molar-refractivity contribution in [3.05, 3.63) is 58.4 Å². The largest absolute Gasteiger partial charge is 0.354 e. The zero-order valence-electron chi connectivity index (χ0n) is 19.8. The van der Waals surface area contributed by atoms with Crippen LogP contribution in [0.1, 0.15) is 97.1 Å². The Bertz CT molecular complexity index is 991. The number of nitrogens with one attached hydrogen (secondary N) is 3. The normalized spacial score (nSPS) is 16.7. The molecule has 1 heterocycles. The standard InChI is InChI=1S/C26H35N3O3/c1-6-7-13-19(24(31)27-17(3)18-11-9-8-10-12-18)29-25(32)23-16(2)22-20(28-23)14-26(4,5)15-21(22)30/h8-12,17,19,28H,6-7,13-15H2,1-5H3,(H,27,31)(H,29,32)/t17-,19-/m0/s1. The van der Waals surface area contributed by atoms with E-state index in [4.69, 9.17) is 0 Å². The number of carbonyl (C=O) groups is 3. The Balaban J connectivity index is 1.77. The van der Waals surface area contributed by atoms with E-state index in [0.29, 0.717) is 29.7 Å². The van der Waals surface area contributed by atoms with Crippen molar-refractivity contribution in [3.63, 3.8) is 0 Å². The van der Waals surface area contributed by atoms with Crippen LogP contribution in [0, 0.1) is 12.3 Å². The van der Waals surface area contributed by atoms with E-state index in [0.717, 1.165) is 30.5 Å². The number of aromatic nitrogens is 1. The van der Waals surface area contributed by atoms with Gasteiger partial charge < -0.3 is 15.6 Å². The van der Waals surface area contributed by atoms with Gasteiger partial charge in [-0.25, -0.2) is 0 Å². The zero-order valence-corrected chi connectivity index (χ0v) is 19.8. The highest BCUT2D eigenvalue weighted by Gasteiger charge is 2.35. The van der Waals surface area contributed by atoms with E-state index in [2.05, 4.69) is 36.4 Å². The summed E-state index contributed by atoms with van der Waals surface area (Å²) in [7, 11) is 0. The Morgan fingerprint density at radius 2 is 1.81 bits per heavy atom. The molecule has 0 spiro atoms. The van der Waals surface area contributed by atoms with Crippen molar-refractivity contribution in [2.24, 2.45) is 5.41 Å². The second-order valence-corrected chi connectivity index (χ2v) is 9.73. The zero-order chi connectivity index (χ0) is 23.5. The minimum atomic E-state index is -0.638. The van der Waals surface area contributed by atoms with Crippen LogP contribution in [-0.4, -0.2) is 28.6 Å². The fraction of sp³-hybridized carbons (Fsp3) is 0.500. The van der Waals surface area contributed by atoms with Crippen LogP contribution in [0.5, 0.6) is 0 Å². The molecule has 0 radical (unpaired) electrons. The lowest BCUT2D eigenvalue weighted by molar-refractivity contribution is -0.123. The fourth-order valence-corrected chi connectivity index (χ4v) is 4.51. The molecule has 3 rings (SSSR count). The molecular weight excluding hydrogens is 402 g/mol. The molecule has 1 aliphatic rings. The van der Waals surface area contributed by atoms with Crippen molar-refractivity contribution in [1.82, 2.24) is 15.6 Å². The summed E-state index contributed by atoms with van der Waals surface area (Å²) in [5.74, 6) is -0.471. The van der Waals surface area contributed by atoms with Gasteiger partial charge in [0.25, 0.3) is 5.91 Å². The highest BCUT2D eigenvalue weighted by atomic mass is 16.2. The van der Waals surface area contributed by atoms with Crippen LogP contribution >= 0.6 is 0 Å². The molecule has 0 fully saturated rings. The molecule has 32 heavy (non-hydrogen) atoms. The van der Waals surface area contributed by atoms with Crippen LogP contribution in [0.4, 0.5) is 0 Å². The lowest BCUT2D eigenvalue weighted by Gasteiger charge is -2.28. The molecule has 0 saturated carbocycles. The van der Waals surface area contributed by atoms with Crippen LogP contribution in [0.25, 0.3) is 0 Å². The third-order valence-corrected chi connectivity index (χ3v) is 6.25. The molecular formula is C26H35N3O3. The van der Waals surface area contributed by atoms with Crippen molar-refractivity contribution >= 4 is 17.6 Å². The maximum atomic E-state index is 13.2. The van der Waals surface area contributed by atoms with Crippen molar-refractivity contribution in [2.75, 3.05) is 0 Å². The minimum Gasteiger partial charge on any atom is -0.354 e. The number of ketones is 1. The van der Waals surface area contributed by atoms with E-state index < -0.39 is 6.04 Å². The third-order valence-electron chi connectivity index (χ3n) is 6.25. The Labute approximate surface area is 190 Å². The summed E-state index contributed by atoms with van der Waals surface area (Å²) < 4.78 is 0. The highest BCUT2D eigenvalue weighted by Crippen LogP contribution is 2.36. The smallest absolute Gasteiger partial charge is 0.268 e. The summed E-state index contributed by atoms with van der Waals surface area (Å²) in [6.07, 6.45) is 3.49. The van der Waals surface area contributed by atoms with Crippen molar-refractivity contribution < 1.29 is 14.4 Å². The topological polar surface area (TPSA) is 91.1 Å². The van der Waals surface area contributed by atoms with Crippen LogP contribution in [0.15, 0.2) is 30.3 Å². The molecule has 6 nitrogen and oxygen atoms in total. The number of Topliss-reactive ketones (excluding diaryl/α,β-unsaturated/α-hetero) is 1. The molecule has 172 valence electrons. The first kappa shape index (κ1) is 23.8. The second-order valence-electron chi connectivity index (χ2n) is 9.73. The molecule has 0 unspecified atom stereocenters. The van der Waals surface area contributed by atoms with E-state index >= 15 is 0 Å². The van der Waals surface area contributed by atoms with E-state index in [1.807, 2.05) is 37.3 Å². The summed E-state index contributed by atoms with van der Waals surface area (Å²) in [5, 5.41) is 5.94. The predicted molar refractivity (Wildman–Crippen MR) is 126 cm³/mol. The summed E-state index contributed by atoms with van der Waals surface area (Å²) in [6.45, 7) is 9.91. The number of unbranched alkanes of at least 4 members (excludes halogenated alkanes) is 1. The number of carbonyl (C=O) groups excluding carboxylic acids is 3. The molecule has 0 saturated heterocycles. The maximum Gasteiger partial charge on any atom is 0.268 e. The molecule has 1 aliphatic carbocycles. The van der Waals surface area contributed by atoms with Gasteiger partial charge in [0.05, 0.1) is 6.04 Å². The molecule has 2 atom stereocenters. The van der Waals surface area contributed by atoms with Gasteiger partial charge in [0, 0.05) is 17.7 Å². The Kier molecular flexibility index (Phi) is 7.22. The van der Waals surface area contributed by atoms with Crippen LogP contribution < -0.4 is 10.6 Å². The molecule has 1 aromatic heterocycles. The second kappa shape index (κ2) is 9.72. The third kappa shape index (κ3) is 5.29. The maximum absolute atomic E-state index is 13.2. The van der Waals surface area contributed by atoms with Crippen LogP contribution in [0.3, 0.4) is 0 Å². The van der Waals surface area contributed by atoms with Gasteiger partial charge in [-0.1, -0.05) is 63.9 Å². The number of hydrogen-bond donors (Lipinski definition) is 3. The Morgan fingerprint density at radius 3 is 2.47 bits per heavy atom. The van der Waals surface area contributed by atoms with Gasteiger partial charge in [0.15, 0.2) is 5.78 Å². The van der Waals surface area contributed by atoms with Crippen molar-refractivity contribution in [2.45, 2.75) is 78.8 Å². The van der Waals surface area contributed by atoms with E-state index in [9.17, 15) is 14.4 Å². The summed E-state index contributed by atoms with van der Waals surface area (Å²) in [5.41, 5.74) is 3.39. The number of H-pyrrole nitrogens is 1. The number of rotatable bonds is 8. The fourth-order valence-electron chi connectivity index (χ4n) is 4.51. The van der Waals surface area contributed by atoms with Gasteiger partial charge >= 0.3 is 0 Å². The first-order valence-corrected chi connectivity index (χ1v) is 11.5. The molecule has 0 aliphatic heterocycles. The monoisotopic (exact) mass is 437 g/mol. The van der Waals surface area contributed by atoms with Gasteiger partial charge in [-0.2, -0.15) is 0 Å². The molecule has 2 amide bonds. The van der Waals surface area contributed by atoms with Gasteiger partial charge in [-0.05, 0) is 43.2 Å². The first-order valence-electron chi connectivity index (χ1n) is 11.5. The summed E-state index contributed by atoms with van der Waals surface area (Å²) in [4.78, 5) is 42.0. The Morgan fingerprint density at radius 1 is 1.12 bits per heavy atom. The average Bonchev–Trinajstić information content (AvgIpc) is 3.06. The molecule has 6 heteroatoms. The lowest BCUT2D eigenvalue weighted by atomic mass is 9.75. The van der Waals surface area contributed by atoms with Gasteiger partial charge in [-0.3, -0.25) is 14.4 Å².